The van der Waals surface area contributed by atoms with Gasteiger partial charge in [-0.05, 0) is 54.3 Å². The molecular formula is C23H25N3O3S2. The Morgan fingerprint density at radius 3 is 2.55 bits per heavy atom. The molecule has 3 N–H and O–H groups in total. The van der Waals surface area contributed by atoms with Crippen molar-refractivity contribution >= 4 is 33.7 Å². The zero-order chi connectivity index (χ0) is 22.3. The molecule has 0 saturated heterocycles. The van der Waals surface area contributed by atoms with E-state index in [1.165, 1.54) is 12.7 Å². The monoisotopic (exact) mass is 455 g/mol. The molecule has 0 amide bonds. The van der Waals surface area contributed by atoms with Crippen LogP contribution in [0.5, 0.6) is 5.75 Å². The van der Waals surface area contributed by atoms with Crippen molar-refractivity contribution in [3.05, 3.63) is 83.4 Å². The van der Waals surface area contributed by atoms with Gasteiger partial charge in [-0.15, -0.1) is 11.8 Å². The number of sulfonamides is 1. The lowest BCUT2D eigenvalue weighted by Gasteiger charge is -2.15. The van der Waals surface area contributed by atoms with Crippen LogP contribution in [0.2, 0.25) is 0 Å². The molecule has 0 spiro atoms. The number of hydrazone groups is 1. The highest BCUT2D eigenvalue weighted by Crippen LogP contribution is 2.32. The molecule has 6 nitrogen and oxygen atoms in total. The molecule has 3 rings (SSSR count). The van der Waals surface area contributed by atoms with Crippen LogP contribution < -0.4 is 15.3 Å². The summed E-state index contributed by atoms with van der Waals surface area (Å²) in [5, 5.41) is 3.52. The Labute approximate surface area is 187 Å². The molecule has 0 fully saturated rings. The molecule has 0 heterocycles. The molecule has 0 saturated carbocycles. The molecular weight excluding hydrogens is 430 g/mol. The number of benzene rings is 3. The number of nitrogens with zero attached hydrogens (tertiary/aromatic N) is 1. The van der Waals surface area contributed by atoms with E-state index in [4.69, 9.17) is 10.6 Å². The lowest BCUT2D eigenvalue weighted by molar-refractivity contribution is 0.402. The normalized spacial score (nSPS) is 11.5. The summed E-state index contributed by atoms with van der Waals surface area (Å²) in [7, 11) is -2.34. The van der Waals surface area contributed by atoms with Gasteiger partial charge in [-0.1, -0.05) is 42.5 Å². The molecule has 0 aromatic heterocycles. The van der Waals surface area contributed by atoms with Crippen molar-refractivity contribution in [3.8, 4) is 5.75 Å². The minimum atomic E-state index is -3.80. The number of para-hydroxylation sites is 1. The summed E-state index contributed by atoms with van der Waals surface area (Å²) in [6.45, 7) is 1.84. The van der Waals surface area contributed by atoms with Crippen LogP contribution in [0, 0.1) is 6.92 Å². The fraction of sp³-hybridized carbons (Fsp3) is 0.174. The van der Waals surface area contributed by atoms with E-state index in [0.717, 1.165) is 28.2 Å². The lowest BCUT2D eigenvalue weighted by Crippen LogP contribution is -2.15. The van der Waals surface area contributed by atoms with E-state index >= 15 is 0 Å². The van der Waals surface area contributed by atoms with E-state index in [-0.39, 0.29) is 4.90 Å². The van der Waals surface area contributed by atoms with Gasteiger partial charge in [-0.25, -0.2) is 8.42 Å². The largest absolute Gasteiger partial charge is 0.495 e. The first kappa shape index (κ1) is 22.7. The van der Waals surface area contributed by atoms with Gasteiger partial charge in [-0.2, -0.15) is 5.10 Å². The third kappa shape index (κ3) is 6.02. The van der Waals surface area contributed by atoms with Crippen LogP contribution in [0.25, 0.3) is 0 Å². The van der Waals surface area contributed by atoms with Crippen molar-refractivity contribution in [1.29, 1.82) is 0 Å². The first-order valence-electron chi connectivity index (χ1n) is 9.64. The molecule has 162 valence electrons. The summed E-state index contributed by atoms with van der Waals surface area (Å²) in [5.41, 5.74) is 3.52. The predicted octanol–water partition coefficient (Wildman–Crippen LogP) is 4.43. The highest BCUT2D eigenvalue weighted by Gasteiger charge is 2.21. The van der Waals surface area contributed by atoms with Crippen molar-refractivity contribution in [1.82, 2.24) is 0 Å². The number of hydrogen-bond acceptors (Lipinski definition) is 6. The minimum absolute atomic E-state index is 0.121. The Bertz CT molecular complexity index is 1160. The fourth-order valence-electron chi connectivity index (χ4n) is 3.01. The summed E-state index contributed by atoms with van der Waals surface area (Å²) in [6, 6.07) is 20.5. The average molecular weight is 456 g/mol. The van der Waals surface area contributed by atoms with Crippen molar-refractivity contribution in [3.63, 3.8) is 0 Å². The molecule has 0 unspecified atom stereocenters. The number of nitrogens with two attached hydrogens (primary N) is 1. The second-order valence-corrected chi connectivity index (χ2v) is 9.66. The maximum absolute atomic E-state index is 13.0. The van der Waals surface area contributed by atoms with Crippen molar-refractivity contribution in [2.24, 2.45) is 10.9 Å². The minimum Gasteiger partial charge on any atom is -0.495 e. The molecule has 31 heavy (non-hydrogen) atoms. The zero-order valence-corrected chi connectivity index (χ0v) is 19.0. The summed E-state index contributed by atoms with van der Waals surface area (Å²) in [6.07, 6.45) is 2.45. The summed E-state index contributed by atoms with van der Waals surface area (Å²) in [5.74, 6) is 6.29. The first-order valence-corrected chi connectivity index (χ1v) is 12.1. The van der Waals surface area contributed by atoms with E-state index < -0.39 is 10.0 Å². The van der Waals surface area contributed by atoms with E-state index in [1.54, 1.807) is 36.2 Å². The number of hydrogen-bond donors (Lipinski definition) is 2. The molecule has 3 aromatic rings. The van der Waals surface area contributed by atoms with Crippen molar-refractivity contribution < 1.29 is 13.2 Å². The average Bonchev–Trinajstić information content (AvgIpc) is 2.76. The van der Waals surface area contributed by atoms with Crippen LogP contribution in [0.3, 0.4) is 0 Å². The number of anilines is 1. The van der Waals surface area contributed by atoms with E-state index in [2.05, 4.69) is 9.82 Å². The Hall–Kier alpha value is -2.97. The number of methoxy groups -OCH3 is 1. The molecule has 0 radical (unpaired) electrons. The maximum atomic E-state index is 13.0. The number of thioether (sulfide) groups is 1. The third-order valence-electron chi connectivity index (χ3n) is 4.59. The SMILES string of the molecule is COc1ccc(C)cc1S(=O)(=O)Nc1ccccc1SCCc1ccc(/C=N\N)cc1. The summed E-state index contributed by atoms with van der Waals surface area (Å²) in [4.78, 5) is 0.987. The predicted molar refractivity (Wildman–Crippen MR) is 128 cm³/mol. The molecule has 0 aliphatic carbocycles. The highest BCUT2D eigenvalue weighted by molar-refractivity contribution is 7.99. The Morgan fingerprint density at radius 2 is 1.84 bits per heavy atom. The lowest BCUT2D eigenvalue weighted by atomic mass is 10.1. The van der Waals surface area contributed by atoms with Gasteiger partial charge >= 0.3 is 0 Å². The van der Waals surface area contributed by atoms with E-state index in [0.29, 0.717) is 11.4 Å². The van der Waals surface area contributed by atoms with Gasteiger partial charge in [0.2, 0.25) is 0 Å². The molecule has 0 aliphatic rings. The van der Waals surface area contributed by atoms with Gasteiger partial charge in [0, 0.05) is 10.6 Å². The fourth-order valence-corrected chi connectivity index (χ4v) is 5.41. The van der Waals surface area contributed by atoms with Crippen LogP contribution in [-0.4, -0.2) is 27.5 Å². The second kappa shape index (κ2) is 10.4. The molecule has 0 bridgehead atoms. The Balaban J connectivity index is 1.72. The quantitative estimate of drug-likeness (QED) is 0.215. The van der Waals surface area contributed by atoms with Gasteiger partial charge < -0.3 is 10.6 Å². The van der Waals surface area contributed by atoms with Crippen LogP contribution in [0.15, 0.2) is 81.6 Å². The number of rotatable bonds is 9. The van der Waals surface area contributed by atoms with Crippen molar-refractivity contribution in [2.45, 2.75) is 23.1 Å². The Kier molecular flexibility index (Phi) is 7.59. The molecule has 8 heteroatoms. The molecule has 3 aromatic carbocycles. The van der Waals surface area contributed by atoms with Crippen molar-refractivity contribution in [2.75, 3.05) is 17.6 Å². The van der Waals surface area contributed by atoms with Crippen LogP contribution in [-0.2, 0) is 16.4 Å². The third-order valence-corrected chi connectivity index (χ3v) is 7.05. The van der Waals surface area contributed by atoms with Gasteiger partial charge in [0.25, 0.3) is 10.0 Å². The Morgan fingerprint density at radius 1 is 1.10 bits per heavy atom. The number of ether oxygens (including phenoxy) is 1. The van der Waals surface area contributed by atoms with Gasteiger partial charge in [0.05, 0.1) is 19.0 Å². The topological polar surface area (TPSA) is 93.8 Å². The van der Waals surface area contributed by atoms with Crippen LogP contribution in [0.4, 0.5) is 5.69 Å². The van der Waals surface area contributed by atoms with Gasteiger partial charge in [0.1, 0.15) is 10.6 Å². The first-order chi connectivity index (χ1) is 14.9. The van der Waals surface area contributed by atoms with E-state index in [9.17, 15) is 8.42 Å². The zero-order valence-electron chi connectivity index (χ0n) is 17.4. The van der Waals surface area contributed by atoms with E-state index in [1.807, 2.05) is 55.5 Å². The molecule has 0 aliphatic heterocycles. The summed E-state index contributed by atoms with van der Waals surface area (Å²) < 4.78 is 34.1. The number of nitrogens with one attached hydrogen (secondary N) is 1. The van der Waals surface area contributed by atoms with Crippen LogP contribution in [0.1, 0.15) is 16.7 Å². The van der Waals surface area contributed by atoms with Gasteiger partial charge in [-0.3, -0.25) is 4.72 Å². The highest BCUT2D eigenvalue weighted by atomic mass is 32.2. The molecule has 0 atom stereocenters. The van der Waals surface area contributed by atoms with Crippen LogP contribution >= 0.6 is 11.8 Å². The smallest absolute Gasteiger partial charge is 0.265 e. The van der Waals surface area contributed by atoms with Gasteiger partial charge in [0.15, 0.2) is 0 Å². The second-order valence-electron chi connectivity index (χ2n) is 6.87. The summed E-state index contributed by atoms with van der Waals surface area (Å²) >= 11 is 1.60. The number of aryl methyl sites for hydroxylation is 2. The standard InChI is InChI=1S/C23H25N3O3S2/c1-17-7-12-21(29-2)23(15-17)31(27,28)26-20-5-3-4-6-22(20)30-14-13-18-8-10-19(11-9-18)16-25-24/h3-12,15-16,26H,13-14,24H2,1-2H3/b25-16-. The maximum Gasteiger partial charge on any atom is 0.265 e.